The zero-order valence-corrected chi connectivity index (χ0v) is 21.0. The first-order valence-corrected chi connectivity index (χ1v) is 12.2. The van der Waals surface area contributed by atoms with Crippen LogP contribution in [0.4, 0.5) is 24.5 Å². The highest BCUT2D eigenvalue weighted by Gasteiger charge is 2.36. The number of aliphatic hydroxyl groups excluding tert-OH is 1. The summed E-state index contributed by atoms with van der Waals surface area (Å²) in [6.45, 7) is 0.838. The van der Waals surface area contributed by atoms with Crippen LogP contribution in [0.3, 0.4) is 0 Å². The number of hydrogen-bond donors (Lipinski definition) is 1. The van der Waals surface area contributed by atoms with Gasteiger partial charge in [0, 0.05) is 44.0 Å². The Morgan fingerprint density at radius 2 is 1.86 bits per heavy atom. The Labute approximate surface area is 212 Å². The normalized spacial score (nSPS) is 17.3. The summed E-state index contributed by atoms with van der Waals surface area (Å²) < 4.78 is 48.8. The van der Waals surface area contributed by atoms with Crippen molar-refractivity contribution >= 4 is 11.4 Å². The predicted octanol–water partition coefficient (Wildman–Crippen LogP) is 4.05. The summed E-state index contributed by atoms with van der Waals surface area (Å²) in [5.41, 5.74) is 2.00. The first-order chi connectivity index (χ1) is 17.6. The molecule has 1 unspecified atom stereocenters. The smallest absolute Gasteiger partial charge is 0.418 e. The average molecular weight is 515 g/mol. The number of hydrogen-bond acceptors (Lipinski definition) is 6. The summed E-state index contributed by atoms with van der Waals surface area (Å²) in [7, 11) is 5.32. The molecule has 0 bridgehead atoms. The van der Waals surface area contributed by atoms with Crippen molar-refractivity contribution in [1.29, 1.82) is 0 Å². The number of fused-ring (bicyclic) bond motifs is 1. The van der Waals surface area contributed by atoms with E-state index in [0.29, 0.717) is 60.6 Å². The standard InChI is InChI=1S/C27H29F3N4O3/c1-32(2)23-13-16(7-10-24(23)37-3)25-19-5-4-6-20(19)26(36)34(31-25)22-14-17(33-12-11-18(35)15-33)8-9-21(22)27(28,29)30/h7-10,13-14,18,35H,4-6,11-12,15H2,1-3H3. The van der Waals surface area contributed by atoms with Gasteiger partial charge < -0.3 is 19.6 Å². The lowest BCUT2D eigenvalue weighted by molar-refractivity contribution is -0.137. The van der Waals surface area contributed by atoms with Crippen molar-refractivity contribution in [2.75, 3.05) is 44.1 Å². The number of nitrogens with zero attached hydrogens (tertiary/aromatic N) is 4. The molecule has 1 aromatic heterocycles. The maximum absolute atomic E-state index is 14.1. The molecule has 2 aromatic carbocycles. The van der Waals surface area contributed by atoms with Gasteiger partial charge in [-0.25, -0.2) is 0 Å². The highest BCUT2D eigenvalue weighted by Crippen LogP contribution is 2.38. The second-order valence-electron chi connectivity index (χ2n) is 9.75. The lowest BCUT2D eigenvalue weighted by Gasteiger charge is -2.22. The van der Waals surface area contributed by atoms with E-state index >= 15 is 0 Å². The highest BCUT2D eigenvalue weighted by atomic mass is 19.4. The second-order valence-corrected chi connectivity index (χ2v) is 9.75. The van der Waals surface area contributed by atoms with E-state index in [9.17, 15) is 23.1 Å². The van der Waals surface area contributed by atoms with Crippen LogP contribution in [0.2, 0.25) is 0 Å². The number of β-amino-alcohol motifs (C(OH)–C–C–N with tert-alkyl or cyclic N) is 1. The number of halogens is 3. The van der Waals surface area contributed by atoms with Gasteiger partial charge in [-0.15, -0.1) is 0 Å². The summed E-state index contributed by atoms with van der Waals surface area (Å²) >= 11 is 0. The molecule has 1 aliphatic carbocycles. The summed E-state index contributed by atoms with van der Waals surface area (Å²) in [6, 6.07) is 9.23. The number of anilines is 2. The Bertz CT molecular complexity index is 1400. The fourth-order valence-electron chi connectivity index (χ4n) is 5.26. The molecule has 1 atom stereocenters. The van der Waals surface area contributed by atoms with Crippen molar-refractivity contribution in [1.82, 2.24) is 9.78 Å². The van der Waals surface area contributed by atoms with Gasteiger partial charge in [0.2, 0.25) is 0 Å². The molecule has 37 heavy (non-hydrogen) atoms. The van der Waals surface area contributed by atoms with Gasteiger partial charge in [0.05, 0.1) is 35.8 Å². The van der Waals surface area contributed by atoms with Gasteiger partial charge in [-0.05, 0) is 67.6 Å². The molecular weight excluding hydrogens is 485 g/mol. The van der Waals surface area contributed by atoms with E-state index in [1.807, 2.05) is 36.0 Å². The molecule has 0 saturated carbocycles. The molecule has 0 amide bonds. The molecule has 2 aliphatic rings. The lowest BCUT2D eigenvalue weighted by atomic mass is 10.0. The van der Waals surface area contributed by atoms with E-state index in [2.05, 4.69) is 5.10 Å². The first kappa shape index (κ1) is 25.1. The largest absolute Gasteiger partial charge is 0.495 e. The number of aliphatic hydroxyl groups is 1. The number of aromatic nitrogens is 2. The molecular formula is C27H29F3N4O3. The van der Waals surface area contributed by atoms with Crippen LogP contribution in [0.1, 0.15) is 29.5 Å². The third-order valence-electron chi connectivity index (χ3n) is 7.13. The number of ether oxygens (including phenoxy) is 1. The Balaban J connectivity index is 1.74. The maximum atomic E-state index is 14.1. The number of methoxy groups -OCH3 is 1. The molecule has 2 heterocycles. The summed E-state index contributed by atoms with van der Waals surface area (Å²) in [4.78, 5) is 17.2. The molecule has 196 valence electrons. The van der Waals surface area contributed by atoms with Gasteiger partial charge in [0.1, 0.15) is 5.75 Å². The molecule has 7 nitrogen and oxygen atoms in total. The van der Waals surface area contributed by atoms with Crippen LogP contribution in [0.15, 0.2) is 41.2 Å². The van der Waals surface area contributed by atoms with Crippen LogP contribution >= 0.6 is 0 Å². The van der Waals surface area contributed by atoms with E-state index in [0.717, 1.165) is 28.4 Å². The highest BCUT2D eigenvalue weighted by molar-refractivity contribution is 5.73. The van der Waals surface area contributed by atoms with Crippen molar-refractivity contribution in [3.8, 4) is 22.7 Å². The molecule has 0 radical (unpaired) electrons. The van der Waals surface area contributed by atoms with E-state index in [1.54, 1.807) is 13.2 Å². The SMILES string of the molecule is COc1ccc(-c2nn(-c3cc(N4CCC(O)C4)ccc3C(F)(F)F)c(=O)c3c2CCC3)cc1N(C)C. The van der Waals surface area contributed by atoms with Crippen molar-refractivity contribution in [3.05, 3.63) is 63.4 Å². The molecule has 0 spiro atoms. The molecule has 1 fully saturated rings. The fourth-order valence-corrected chi connectivity index (χ4v) is 5.26. The quantitative estimate of drug-likeness (QED) is 0.554. The summed E-state index contributed by atoms with van der Waals surface area (Å²) in [5.74, 6) is 0.651. The third-order valence-corrected chi connectivity index (χ3v) is 7.13. The average Bonchev–Trinajstić information content (AvgIpc) is 3.53. The van der Waals surface area contributed by atoms with Gasteiger partial charge in [-0.3, -0.25) is 4.79 Å². The minimum Gasteiger partial charge on any atom is -0.495 e. The van der Waals surface area contributed by atoms with Gasteiger partial charge >= 0.3 is 6.18 Å². The molecule has 1 saturated heterocycles. The van der Waals surface area contributed by atoms with Crippen LogP contribution in [-0.4, -0.2) is 55.3 Å². The lowest BCUT2D eigenvalue weighted by Crippen LogP contribution is -2.29. The van der Waals surface area contributed by atoms with Gasteiger partial charge in [0.25, 0.3) is 5.56 Å². The zero-order chi connectivity index (χ0) is 26.5. The van der Waals surface area contributed by atoms with Gasteiger partial charge in [-0.2, -0.15) is 23.0 Å². The van der Waals surface area contributed by atoms with Crippen molar-refractivity contribution in [3.63, 3.8) is 0 Å². The van der Waals surface area contributed by atoms with Gasteiger partial charge in [0.15, 0.2) is 0 Å². The zero-order valence-electron chi connectivity index (χ0n) is 21.0. The Morgan fingerprint density at radius 3 is 2.51 bits per heavy atom. The Morgan fingerprint density at radius 1 is 1.11 bits per heavy atom. The van der Waals surface area contributed by atoms with E-state index in [-0.39, 0.29) is 5.69 Å². The number of alkyl halides is 3. The topological polar surface area (TPSA) is 70.8 Å². The predicted molar refractivity (Wildman–Crippen MR) is 136 cm³/mol. The van der Waals surface area contributed by atoms with E-state index in [1.165, 1.54) is 12.1 Å². The third kappa shape index (κ3) is 4.54. The minimum absolute atomic E-state index is 0.311. The van der Waals surface area contributed by atoms with Crippen molar-refractivity contribution in [2.24, 2.45) is 0 Å². The number of benzene rings is 2. The van der Waals surface area contributed by atoms with Crippen LogP contribution < -0.4 is 20.1 Å². The van der Waals surface area contributed by atoms with Crippen LogP contribution in [-0.2, 0) is 19.0 Å². The van der Waals surface area contributed by atoms with E-state index < -0.39 is 23.4 Å². The van der Waals surface area contributed by atoms with Crippen LogP contribution in [0, 0.1) is 0 Å². The molecule has 3 aromatic rings. The molecule has 10 heteroatoms. The first-order valence-electron chi connectivity index (χ1n) is 12.2. The van der Waals surface area contributed by atoms with Crippen molar-refractivity contribution in [2.45, 2.75) is 38.0 Å². The molecule has 5 rings (SSSR count). The number of rotatable bonds is 5. The summed E-state index contributed by atoms with van der Waals surface area (Å²) in [5, 5.41) is 14.5. The fraction of sp³-hybridized carbons (Fsp3) is 0.407. The summed E-state index contributed by atoms with van der Waals surface area (Å²) in [6.07, 6.45) is -2.84. The monoisotopic (exact) mass is 514 g/mol. The van der Waals surface area contributed by atoms with Crippen molar-refractivity contribution < 1.29 is 23.0 Å². The maximum Gasteiger partial charge on any atom is 0.418 e. The van der Waals surface area contributed by atoms with Gasteiger partial charge in [-0.1, -0.05) is 0 Å². The minimum atomic E-state index is -4.68. The van der Waals surface area contributed by atoms with Crippen LogP contribution in [0.5, 0.6) is 5.75 Å². The second kappa shape index (κ2) is 9.41. The van der Waals surface area contributed by atoms with E-state index in [4.69, 9.17) is 4.74 Å². The Kier molecular flexibility index (Phi) is 6.39. The Hall–Kier alpha value is -3.53. The molecule has 1 aliphatic heterocycles. The molecule has 1 N–H and O–H groups in total. The van der Waals surface area contributed by atoms with Crippen LogP contribution in [0.25, 0.3) is 16.9 Å².